The van der Waals surface area contributed by atoms with E-state index in [1.54, 1.807) is 41.2 Å². The molecule has 0 radical (unpaired) electrons. The van der Waals surface area contributed by atoms with Crippen LogP contribution in [0.2, 0.25) is 0 Å². The molecule has 0 saturated heterocycles. The number of fused-ring (bicyclic) bond motifs is 1. The van der Waals surface area contributed by atoms with Gasteiger partial charge in [-0.25, -0.2) is 4.98 Å². The van der Waals surface area contributed by atoms with Crippen LogP contribution in [0.1, 0.15) is 17.3 Å². The summed E-state index contributed by atoms with van der Waals surface area (Å²) in [5, 5.41) is 0.834. The third-order valence-electron chi connectivity index (χ3n) is 4.42. The van der Waals surface area contributed by atoms with E-state index in [0.29, 0.717) is 34.8 Å². The standard InChI is InChI=1S/C21H18N4O3/c1-2-28-16-6-7-18-14(11-16)12-17(21(27)24-18)20-23-8-9-25(20)15-5-3-4-13(10-15)19(22)26/h3-12H,2H2,1H3,(H2,22,26)(H,24,27). The number of hydrogen-bond donors (Lipinski definition) is 2. The normalized spacial score (nSPS) is 10.9. The van der Waals surface area contributed by atoms with Crippen LogP contribution in [0, 0.1) is 0 Å². The molecule has 1 amide bonds. The molecule has 3 N–H and O–H groups in total. The fourth-order valence-electron chi connectivity index (χ4n) is 3.13. The highest BCUT2D eigenvalue weighted by Crippen LogP contribution is 2.24. The van der Waals surface area contributed by atoms with Crippen LogP contribution in [-0.4, -0.2) is 27.0 Å². The molecule has 4 rings (SSSR count). The number of amides is 1. The van der Waals surface area contributed by atoms with E-state index in [2.05, 4.69) is 9.97 Å². The largest absolute Gasteiger partial charge is 0.494 e. The summed E-state index contributed by atoms with van der Waals surface area (Å²) in [6.07, 6.45) is 3.34. The van der Waals surface area contributed by atoms with Gasteiger partial charge in [-0.1, -0.05) is 6.07 Å². The average Bonchev–Trinajstić information content (AvgIpc) is 3.17. The summed E-state index contributed by atoms with van der Waals surface area (Å²) in [6.45, 7) is 2.47. The number of nitrogens with zero attached hydrogens (tertiary/aromatic N) is 2. The minimum atomic E-state index is -0.518. The third kappa shape index (κ3) is 3.14. The van der Waals surface area contributed by atoms with Gasteiger partial charge in [0.2, 0.25) is 5.91 Å². The molecule has 0 atom stereocenters. The summed E-state index contributed by atoms with van der Waals surface area (Å²) in [5.41, 5.74) is 7.32. The van der Waals surface area contributed by atoms with E-state index in [-0.39, 0.29) is 5.56 Å². The zero-order chi connectivity index (χ0) is 19.7. The van der Waals surface area contributed by atoms with Crippen LogP contribution < -0.4 is 16.0 Å². The maximum Gasteiger partial charge on any atom is 0.259 e. The molecule has 0 fully saturated rings. The molecule has 0 aliphatic heterocycles. The lowest BCUT2D eigenvalue weighted by atomic mass is 10.1. The number of pyridine rings is 1. The molecular weight excluding hydrogens is 356 g/mol. The molecule has 0 spiro atoms. The van der Waals surface area contributed by atoms with Crippen LogP contribution >= 0.6 is 0 Å². The Morgan fingerprint density at radius 2 is 2.07 bits per heavy atom. The maximum absolute atomic E-state index is 12.7. The average molecular weight is 374 g/mol. The number of nitrogens with one attached hydrogen (secondary N) is 1. The molecule has 2 aromatic heterocycles. The number of carbonyl (C=O) groups is 1. The van der Waals surface area contributed by atoms with Crippen LogP contribution in [0.5, 0.6) is 5.75 Å². The molecule has 2 heterocycles. The first-order chi connectivity index (χ1) is 13.6. The fraction of sp³-hybridized carbons (Fsp3) is 0.0952. The first-order valence-electron chi connectivity index (χ1n) is 8.80. The summed E-state index contributed by atoms with van der Waals surface area (Å²) in [5.74, 6) is 0.674. The highest BCUT2D eigenvalue weighted by Gasteiger charge is 2.14. The molecule has 0 saturated carbocycles. The van der Waals surface area contributed by atoms with Crippen LogP contribution in [0.15, 0.2) is 65.7 Å². The molecule has 2 aromatic carbocycles. The van der Waals surface area contributed by atoms with Gasteiger partial charge in [-0.05, 0) is 49.4 Å². The lowest BCUT2D eigenvalue weighted by molar-refractivity contribution is 0.1000. The second-order valence-electron chi connectivity index (χ2n) is 6.23. The van der Waals surface area contributed by atoms with E-state index >= 15 is 0 Å². The topological polar surface area (TPSA) is 103 Å². The molecule has 7 nitrogen and oxygen atoms in total. The quantitative estimate of drug-likeness (QED) is 0.560. The molecule has 28 heavy (non-hydrogen) atoms. The minimum absolute atomic E-state index is 0.254. The number of benzene rings is 2. The van der Waals surface area contributed by atoms with Gasteiger partial charge in [-0.3, -0.25) is 14.2 Å². The van der Waals surface area contributed by atoms with Gasteiger partial charge in [-0.15, -0.1) is 0 Å². The minimum Gasteiger partial charge on any atom is -0.494 e. The van der Waals surface area contributed by atoms with Crippen LogP contribution in [0.4, 0.5) is 0 Å². The van der Waals surface area contributed by atoms with Gasteiger partial charge in [0.25, 0.3) is 5.56 Å². The second kappa shape index (κ2) is 7.03. The Morgan fingerprint density at radius 1 is 1.21 bits per heavy atom. The van der Waals surface area contributed by atoms with Crippen molar-refractivity contribution in [3.8, 4) is 22.8 Å². The van der Waals surface area contributed by atoms with Gasteiger partial charge >= 0.3 is 0 Å². The van der Waals surface area contributed by atoms with Crippen LogP contribution in [-0.2, 0) is 0 Å². The predicted octanol–water partition coefficient (Wildman–Crippen LogP) is 2.88. The summed E-state index contributed by atoms with van der Waals surface area (Å²) in [6, 6.07) is 14.1. The molecule has 7 heteroatoms. The zero-order valence-corrected chi connectivity index (χ0v) is 15.2. The number of ether oxygens (including phenoxy) is 1. The van der Waals surface area contributed by atoms with Crippen molar-refractivity contribution in [2.24, 2.45) is 5.73 Å². The van der Waals surface area contributed by atoms with Gasteiger partial charge in [-0.2, -0.15) is 0 Å². The summed E-state index contributed by atoms with van der Waals surface area (Å²) >= 11 is 0. The third-order valence-corrected chi connectivity index (χ3v) is 4.42. The van der Waals surface area contributed by atoms with Gasteiger partial charge in [0.05, 0.1) is 12.2 Å². The lowest BCUT2D eigenvalue weighted by Crippen LogP contribution is -2.13. The molecule has 0 bridgehead atoms. The fourth-order valence-corrected chi connectivity index (χ4v) is 3.13. The number of aromatic amines is 1. The Labute approximate surface area is 160 Å². The van der Waals surface area contributed by atoms with Crippen molar-refractivity contribution in [2.75, 3.05) is 6.61 Å². The second-order valence-corrected chi connectivity index (χ2v) is 6.23. The predicted molar refractivity (Wildman–Crippen MR) is 107 cm³/mol. The van der Waals surface area contributed by atoms with Crippen LogP contribution in [0.25, 0.3) is 28.0 Å². The van der Waals surface area contributed by atoms with E-state index in [1.165, 1.54) is 0 Å². The number of hydrogen-bond acceptors (Lipinski definition) is 4. The summed E-state index contributed by atoms with van der Waals surface area (Å²) < 4.78 is 7.29. The number of H-pyrrole nitrogens is 1. The van der Waals surface area contributed by atoms with E-state index < -0.39 is 5.91 Å². The number of carbonyl (C=O) groups excluding carboxylic acids is 1. The highest BCUT2D eigenvalue weighted by molar-refractivity contribution is 5.93. The Bertz CT molecular complexity index is 1240. The van der Waals surface area contributed by atoms with Crippen molar-refractivity contribution < 1.29 is 9.53 Å². The van der Waals surface area contributed by atoms with Crippen molar-refractivity contribution in [1.82, 2.24) is 14.5 Å². The first kappa shape index (κ1) is 17.5. The Kier molecular flexibility index (Phi) is 4.41. The number of nitrogens with two attached hydrogens (primary N) is 1. The first-order valence-corrected chi connectivity index (χ1v) is 8.80. The summed E-state index contributed by atoms with van der Waals surface area (Å²) in [7, 11) is 0. The lowest BCUT2D eigenvalue weighted by Gasteiger charge is -2.10. The number of imidazole rings is 1. The van der Waals surface area contributed by atoms with E-state index in [9.17, 15) is 9.59 Å². The Morgan fingerprint density at radius 3 is 2.86 bits per heavy atom. The van der Waals surface area contributed by atoms with Gasteiger partial charge in [0.1, 0.15) is 11.6 Å². The molecule has 0 aliphatic carbocycles. The number of rotatable bonds is 5. The maximum atomic E-state index is 12.7. The monoisotopic (exact) mass is 374 g/mol. The highest BCUT2D eigenvalue weighted by atomic mass is 16.5. The molecule has 0 unspecified atom stereocenters. The van der Waals surface area contributed by atoms with Crippen molar-refractivity contribution in [3.63, 3.8) is 0 Å². The summed E-state index contributed by atoms with van der Waals surface area (Å²) in [4.78, 5) is 31.4. The van der Waals surface area contributed by atoms with Crippen molar-refractivity contribution in [2.45, 2.75) is 6.92 Å². The van der Waals surface area contributed by atoms with Crippen LogP contribution in [0.3, 0.4) is 0 Å². The van der Waals surface area contributed by atoms with Gasteiger partial charge in [0, 0.05) is 34.5 Å². The van der Waals surface area contributed by atoms with Gasteiger partial charge < -0.3 is 15.5 Å². The SMILES string of the molecule is CCOc1ccc2[nH]c(=O)c(-c3nccn3-c3cccc(C(N)=O)c3)cc2c1. The van der Waals surface area contributed by atoms with Crippen molar-refractivity contribution >= 4 is 16.8 Å². The number of primary amides is 1. The van der Waals surface area contributed by atoms with Gasteiger partial charge in [0.15, 0.2) is 0 Å². The number of aromatic nitrogens is 3. The van der Waals surface area contributed by atoms with Crippen molar-refractivity contribution in [3.05, 3.63) is 76.8 Å². The zero-order valence-electron chi connectivity index (χ0n) is 15.2. The molecule has 0 aliphatic rings. The Hall–Kier alpha value is -3.87. The molecule has 4 aromatic rings. The molecular formula is C21H18N4O3. The van der Waals surface area contributed by atoms with E-state index in [0.717, 1.165) is 11.1 Å². The smallest absolute Gasteiger partial charge is 0.259 e. The van der Waals surface area contributed by atoms with E-state index in [4.69, 9.17) is 10.5 Å². The van der Waals surface area contributed by atoms with Crippen molar-refractivity contribution in [1.29, 1.82) is 0 Å². The van der Waals surface area contributed by atoms with E-state index in [1.807, 2.05) is 31.2 Å². The molecule has 140 valence electrons. The Balaban J connectivity index is 1.86.